The average Bonchev–Trinajstić information content (AvgIpc) is 3.15. The third-order valence-electron chi connectivity index (χ3n) is 6.43. The molecule has 0 unspecified atom stereocenters. The zero-order chi connectivity index (χ0) is 23.3. The van der Waals surface area contributed by atoms with E-state index in [0.717, 1.165) is 56.5 Å². The van der Waals surface area contributed by atoms with E-state index >= 15 is 0 Å². The molecule has 2 aromatic rings. The minimum Gasteiger partial charge on any atom is -0.496 e. The van der Waals surface area contributed by atoms with E-state index in [9.17, 15) is 0 Å². The highest BCUT2D eigenvalue weighted by Crippen LogP contribution is 2.40. The molecule has 176 valence electrons. The number of aromatic nitrogens is 2. The zero-order valence-corrected chi connectivity index (χ0v) is 20.7. The van der Waals surface area contributed by atoms with Gasteiger partial charge < -0.3 is 19.7 Å². The first-order valence-electron chi connectivity index (χ1n) is 11.5. The van der Waals surface area contributed by atoms with Gasteiger partial charge in [-0.3, -0.25) is 9.67 Å². The van der Waals surface area contributed by atoms with Gasteiger partial charge in [-0.1, -0.05) is 31.5 Å². The van der Waals surface area contributed by atoms with Gasteiger partial charge in [-0.15, -0.1) is 0 Å². The van der Waals surface area contributed by atoms with E-state index in [1.807, 2.05) is 18.8 Å². The van der Waals surface area contributed by atoms with Gasteiger partial charge in [0.25, 0.3) is 0 Å². The van der Waals surface area contributed by atoms with Crippen LogP contribution in [0.1, 0.15) is 55.0 Å². The van der Waals surface area contributed by atoms with Gasteiger partial charge in [0.05, 0.1) is 12.8 Å². The van der Waals surface area contributed by atoms with Crippen LogP contribution in [0.25, 0.3) is 0 Å². The number of ether oxygens (including phenoxy) is 2. The van der Waals surface area contributed by atoms with Crippen molar-refractivity contribution in [2.24, 2.45) is 12.0 Å². The van der Waals surface area contributed by atoms with Gasteiger partial charge in [0.15, 0.2) is 5.96 Å². The van der Waals surface area contributed by atoms with Crippen molar-refractivity contribution in [3.8, 4) is 5.75 Å². The number of hydrogen-bond donors (Lipinski definition) is 1. The van der Waals surface area contributed by atoms with Crippen molar-refractivity contribution in [2.45, 2.75) is 51.5 Å². The summed E-state index contributed by atoms with van der Waals surface area (Å²) >= 11 is 0. The van der Waals surface area contributed by atoms with Crippen LogP contribution in [0.5, 0.6) is 5.75 Å². The maximum atomic E-state index is 5.76. The van der Waals surface area contributed by atoms with Crippen LogP contribution in [0.15, 0.2) is 29.4 Å². The van der Waals surface area contributed by atoms with Gasteiger partial charge in [-0.25, -0.2) is 0 Å². The first-order chi connectivity index (χ1) is 15.3. The SMILES string of the molecule is CN=C(NCC1(c2cc(C)ccc2OC)CCOCC1)N(C)Cc1cn(C)nc1C(C)C. The maximum Gasteiger partial charge on any atom is 0.193 e. The Morgan fingerprint density at radius 3 is 2.69 bits per heavy atom. The first kappa shape index (κ1) is 24.1. The molecule has 1 aromatic heterocycles. The Labute approximate surface area is 192 Å². The van der Waals surface area contributed by atoms with Crippen LogP contribution in [0.3, 0.4) is 0 Å². The molecule has 1 fully saturated rings. The topological polar surface area (TPSA) is 63.9 Å². The second-order valence-electron chi connectivity index (χ2n) is 9.22. The number of methoxy groups -OCH3 is 1. The number of guanidine groups is 1. The Kier molecular flexibility index (Phi) is 7.82. The molecule has 0 bridgehead atoms. The van der Waals surface area contributed by atoms with E-state index in [0.29, 0.717) is 5.92 Å². The second kappa shape index (κ2) is 10.4. The molecular formula is C25H39N5O2. The van der Waals surface area contributed by atoms with Gasteiger partial charge in [-0.2, -0.15) is 5.10 Å². The van der Waals surface area contributed by atoms with Crippen LogP contribution < -0.4 is 10.1 Å². The van der Waals surface area contributed by atoms with E-state index in [2.05, 4.69) is 72.5 Å². The molecule has 2 heterocycles. The van der Waals surface area contributed by atoms with E-state index < -0.39 is 0 Å². The van der Waals surface area contributed by atoms with Gasteiger partial charge in [0.1, 0.15) is 5.75 Å². The fourth-order valence-electron chi connectivity index (χ4n) is 4.67. The van der Waals surface area contributed by atoms with Crippen molar-refractivity contribution < 1.29 is 9.47 Å². The van der Waals surface area contributed by atoms with Crippen LogP contribution in [0.2, 0.25) is 0 Å². The third kappa shape index (κ3) is 5.26. The fraction of sp³-hybridized carbons (Fsp3) is 0.600. The highest BCUT2D eigenvalue weighted by molar-refractivity contribution is 5.79. The summed E-state index contributed by atoms with van der Waals surface area (Å²) in [6.45, 7) is 9.53. The number of aliphatic imine (C=N–C) groups is 1. The monoisotopic (exact) mass is 441 g/mol. The Balaban J connectivity index is 1.80. The molecule has 3 rings (SSSR count). The lowest BCUT2D eigenvalue weighted by Gasteiger charge is -2.39. The van der Waals surface area contributed by atoms with Crippen LogP contribution in [0, 0.1) is 6.92 Å². The van der Waals surface area contributed by atoms with Crippen molar-refractivity contribution in [1.29, 1.82) is 0 Å². The number of aryl methyl sites for hydroxylation is 2. The quantitative estimate of drug-likeness (QED) is 0.525. The predicted molar refractivity (Wildman–Crippen MR) is 130 cm³/mol. The molecule has 1 aromatic carbocycles. The van der Waals surface area contributed by atoms with Crippen molar-refractivity contribution >= 4 is 5.96 Å². The van der Waals surface area contributed by atoms with E-state index in [1.165, 1.54) is 16.7 Å². The van der Waals surface area contributed by atoms with Crippen molar-refractivity contribution in [3.63, 3.8) is 0 Å². The van der Waals surface area contributed by atoms with Crippen LogP contribution in [0.4, 0.5) is 0 Å². The zero-order valence-electron chi connectivity index (χ0n) is 20.7. The van der Waals surface area contributed by atoms with E-state index in [1.54, 1.807) is 7.11 Å². The second-order valence-corrected chi connectivity index (χ2v) is 9.22. The smallest absolute Gasteiger partial charge is 0.193 e. The molecule has 0 radical (unpaired) electrons. The lowest BCUT2D eigenvalue weighted by Crippen LogP contribution is -2.48. The average molecular weight is 442 g/mol. The Hall–Kier alpha value is -2.54. The number of hydrogen-bond acceptors (Lipinski definition) is 4. The summed E-state index contributed by atoms with van der Waals surface area (Å²) in [7, 11) is 7.65. The Morgan fingerprint density at radius 2 is 2.06 bits per heavy atom. The van der Waals surface area contributed by atoms with Gasteiger partial charge in [-0.05, 0) is 31.7 Å². The molecule has 0 spiro atoms. The maximum absolute atomic E-state index is 5.76. The summed E-state index contributed by atoms with van der Waals surface area (Å²) in [6.07, 6.45) is 4.00. The van der Waals surface area contributed by atoms with Gasteiger partial charge in [0, 0.05) is 70.2 Å². The van der Waals surface area contributed by atoms with Crippen LogP contribution in [-0.4, -0.2) is 61.6 Å². The van der Waals surface area contributed by atoms with Crippen molar-refractivity contribution in [1.82, 2.24) is 20.0 Å². The van der Waals surface area contributed by atoms with Gasteiger partial charge >= 0.3 is 0 Å². The molecule has 0 amide bonds. The molecule has 7 heteroatoms. The van der Waals surface area contributed by atoms with Crippen LogP contribution >= 0.6 is 0 Å². The lowest BCUT2D eigenvalue weighted by molar-refractivity contribution is 0.0503. The fourth-order valence-corrected chi connectivity index (χ4v) is 4.67. The molecule has 0 atom stereocenters. The highest BCUT2D eigenvalue weighted by atomic mass is 16.5. The molecule has 0 saturated carbocycles. The summed E-state index contributed by atoms with van der Waals surface area (Å²) in [4.78, 5) is 6.75. The van der Waals surface area contributed by atoms with Crippen molar-refractivity contribution in [3.05, 3.63) is 46.8 Å². The summed E-state index contributed by atoms with van der Waals surface area (Å²) in [5.41, 5.74) is 4.80. The predicted octanol–water partition coefficient (Wildman–Crippen LogP) is 3.62. The number of benzene rings is 1. The molecule has 1 aliphatic rings. The molecular weight excluding hydrogens is 402 g/mol. The largest absolute Gasteiger partial charge is 0.496 e. The third-order valence-corrected chi connectivity index (χ3v) is 6.43. The Bertz CT molecular complexity index is 928. The molecule has 1 N–H and O–H groups in total. The first-order valence-corrected chi connectivity index (χ1v) is 11.5. The number of nitrogens with one attached hydrogen (secondary N) is 1. The standard InChI is InChI=1S/C25H39N5O2/c1-18(2)23-20(16-30(6)28-23)15-29(5)24(26-4)27-17-25(10-12-32-13-11-25)21-14-19(3)8-9-22(21)31-7/h8-9,14,16,18H,10-13,15,17H2,1-7H3,(H,26,27). The van der Waals surface area contributed by atoms with Crippen LogP contribution in [-0.2, 0) is 23.7 Å². The van der Waals surface area contributed by atoms with E-state index in [-0.39, 0.29) is 5.41 Å². The summed E-state index contributed by atoms with van der Waals surface area (Å²) in [5.74, 6) is 2.20. The highest BCUT2D eigenvalue weighted by Gasteiger charge is 2.37. The minimum absolute atomic E-state index is 0.0657. The summed E-state index contributed by atoms with van der Waals surface area (Å²) in [6, 6.07) is 6.46. The van der Waals surface area contributed by atoms with Gasteiger partial charge in [0.2, 0.25) is 0 Å². The van der Waals surface area contributed by atoms with E-state index in [4.69, 9.17) is 9.47 Å². The molecule has 32 heavy (non-hydrogen) atoms. The molecule has 1 saturated heterocycles. The lowest BCUT2D eigenvalue weighted by atomic mass is 9.73. The molecule has 0 aliphatic carbocycles. The summed E-state index contributed by atoms with van der Waals surface area (Å²) < 4.78 is 13.4. The summed E-state index contributed by atoms with van der Waals surface area (Å²) in [5, 5.41) is 8.31. The molecule has 1 aliphatic heterocycles. The Morgan fingerprint density at radius 1 is 1.34 bits per heavy atom. The minimum atomic E-state index is -0.0657. The number of rotatable bonds is 7. The molecule has 7 nitrogen and oxygen atoms in total. The normalized spacial score (nSPS) is 16.3. The van der Waals surface area contributed by atoms with Crippen molar-refractivity contribution in [2.75, 3.05) is 41.0 Å². The number of nitrogens with zero attached hydrogens (tertiary/aromatic N) is 4.